The predicted molar refractivity (Wildman–Crippen MR) is 89.6 cm³/mol. The van der Waals surface area contributed by atoms with Crippen LogP contribution in [0.5, 0.6) is 0 Å². The van der Waals surface area contributed by atoms with Crippen molar-refractivity contribution >= 4 is 17.4 Å². The first-order valence-electron chi connectivity index (χ1n) is 7.31. The number of rotatable bonds is 3. The number of hydrogen-bond donors (Lipinski definition) is 2. The van der Waals surface area contributed by atoms with E-state index in [1.54, 1.807) is 0 Å². The summed E-state index contributed by atoms with van der Waals surface area (Å²) in [5.74, 6) is -0.743. The summed E-state index contributed by atoms with van der Waals surface area (Å²) in [5.41, 5.74) is 9.28. The molecule has 3 aromatic rings. The minimum Gasteiger partial charge on any atom is -0.382 e. The second-order valence-corrected chi connectivity index (χ2v) is 5.49. The first-order chi connectivity index (χ1) is 11.5. The molecule has 0 radical (unpaired) electrons. The molecule has 3 N–H and O–H groups in total. The Morgan fingerprint density at radius 2 is 1.88 bits per heavy atom. The van der Waals surface area contributed by atoms with Crippen molar-refractivity contribution in [3.63, 3.8) is 0 Å². The van der Waals surface area contributed by atoms with Gasteiger partial charge in [0.2, 0.25) is 0 Å². The SMILES string of the molecule is Cc1ccc(C)c(-n2nnc(C(=O)Nc3ccc(F)cc3)c2N)c1. The summed E-state index contributed by atoms with van der Waals surface area (Å²) in [6.45, 7) is 3.88. The zero-order valence-electron chi connectivity index (χ0n) is 13.2. The van der Waals surface area contributed by atoms with Crippen molar-refractivity contribution in [3.8, 4) is 5.69 Å². The fourth-order valence-corrected chi connectivity index (χ4v) is 2.30. The second kappa shape index (κ2) is 6.11. The van der Waals surface area contributed by atoms with Gasteiger partial charge in [-0.3, -0.25) is 4.79 Å². The number of carbonyl (C=O) groups excluding carboxylic acids is 1. The Morgan fingerprint density at radius 1 is 1.17 bits per heavy atom. The number of amides is 1. The summed E-state index contributed by atoms with van der Waals surface area (Å²) >= 11 is 0. The summed E-state index contributed by atoms with van der Waals surface area (Å²) in [7, 11) is 0. The summed E-state index contributed by atoms with van der Waals surface area (Å²) in [5, 5.41) is 10.5. The van der Waals surface area contributed by atoms with E-state index in [0.29, 0.717) is 5.69 Å². The van der Waals surface area contributed by atoms with Crippen LogP contribution >= 0.6 is 0 Å². The molecule has 0 bridgehead atoms. The molecule has 3 rings (SSSR count). The molecule has 0 aliphatic carbocycles. The van der Waals surface area contributed by atoms with Crippen LogP contribution in [0.1, 0.15) is 21.6 Å². The van der Waals surface area contributed by atoms with Crippen molar-refractivity contribution < 1.29 is 9.18 Å². The van der Waals surface area contributed by atoms with Crippen LogP contribution in [-0.4, -0.2) is 20.9 Å². The van der Waals surface area contributed by atoms with Crippen LogP contribution in [0.4, 0.5) is 15.9 Å². The first-order valence-corrected chi connectivity index (χ1v) is 7.31. The molecule has 1 heterocycles. The topological polar surface area (TPSA) is 85.8 Å². The largest absolute Gasteiger partial charge is 0.382 e. The molecule has 2 aromatic carbocycles. The Hall–Kier alpha value is -3.22. The van der Waals surface area contributed by atoms with Crippen molar-refractivity contribution in [1.82, 2.24) is 15.0 Å². The van der Waals surface area contributed by atoms with Gasteiger partial charge < -0.3 is 11.1 Å². The van der Waals surface area contributed by atoms with Crippen LogP contribution in [0.15, 0.2) is 42.5 Å². The maximum absolute atomic E-state index is 12.9. The molecule has 0 aliphatic heterocycles. The number of nitrogens with one attached hydrogen (secondary N) is 1. The highest BCUT2D eigenvalue weighted by atomic mass is 19.1. The lowest BCUT2D eigenvalue weighted by Crippen LogP contribution is -2.15. The lowest BCUT2D eigenvalue weighted by molar-refractivity contribution is 0.102. The van der Waals surface area contributed by atoms with E-state index in [-0.39, 0.29) is 17.3 Å². The number of carbonyl (C=O) groups is 1. The van der Waals surface area contributed by atoms with E-state index in [0.717, 1.165) is 16.8 Å². The third-order valence-corrected chi connectivity index (χ3v) is 3.61. The molecule has 0 saturated heterocycles. The number of halogens is 1. The fraction of sp³-hybridized carbons (Fsp3) is 0.118. The minimum atomic E-state index is -0.504. The number of nitrogens with zero attached hydrogens (tertiary/aromatic N) is 3. The van der Waals surface area contributed by atoms with Gasteiger partial charge in [-0.25, -0.2) is 4.39 Å². The number of nitrogen functional groups attached to an aromatic ring is 1. The standard InChI is InChI=1S/C17H16FN5O/c1-10-3-4-11(2)14(9-10)23-16(19)15(21-22-23)17(24)20-13-7-5-12(18)6-8-13/h3-9H,19H2,1-2H3,(H,20,24). The Morgan fingerprint density at radius 3 is 2.58 bits per heavy atom. The van der Waals surface area contributed by atoms with E-state index in [4.69, 9.17) is 5.73 Å². The fourth-order valence-electron chi connectivity index (χ4n) is 2.30. The van der Waals surface area contributed by atoms with Gasteiger partial charge in [0, 0.05) is 5.69 Å². The van der Waals surface area contributed by atoms with Gasteiger partial charge in [0.25, 0.3) is 5.91 Å². The van der Waals surface area contributed by atoms with E-state index >= 15 is 0 Å². The van der Waals surface area contributed by atoms with E-state index in [2.05, 4.69) is 15.6 Å². The van der Waals surface area contributed by atoms with Gasteiger partial charge in [0.05, 0.1) is 5.69 Å². The lowest BCUT2D eigenvalue weighted by atomic mass is 10.1. The Bertz CT molecular complexity index is 902. The van der Waals surface area contributed by atoms with Crippen LogP contribution in [0.3, 0.4) is 0 Å². The highest BCUT2D eigenvalue weighted by Gasteiger charge is 2.19. The first kappa shape index (κ1) is 15.7. The Balaban J connectivity index is 1.90. The highest BCUT2D eigenvalue weighted by molar-refractivity contribution is 6.05. The molecule has 0 spiro atoms. The van der Waals surface area contributed by atoms with Crippen molar-refractivity contribution in [2.24, 2.45) is 0 Å². The molecule has 0 saturated carbocycles. The predicted octanol–water partition coefficient (Wildman–Crippen LogP) is 2.86. The number of aryl methyl sites for hydroxylation is 2. The Kier molecular flexibility index (Phi) is 3.99. The summed E-state index contributed by atoms with van der Waals surface area (Å²) in [6.07, 6.45) is 0. The normalized spacial score (nSPS) is 10.6. The van der Waals surface area contributed by atoms with Gasteiger partial charge in [0.15, 0.2) is 11.5 Å². The zero-order chi connectivity index (χ0) is 17.3. The molecule has 7 heteroatoms. The maximum atomic E-state index is 12.9. The summed E-state index contributed by atoms with van der Waals surface area (Å²) in [4.78, 5) is 12.3. The van der Waals surface area contributed by atoms with Crippen molar-refractivity contribution in [3.05, 3.63) is 65.1 Å². The molecule has 6 nitrogen and oxygen atoms in total. The molecular weight excluding hydrogens is 309 g/mol. The number of nitrogens with two attached hydrogens (primary N) is 1. The van der Waals surface area contributed by atoms with Crippen LogP contribution < -0.4 is 11.1 Å². The van der Waals surface area contributed by atoms with Gasteiger partial charge in [-0.2, -0.15) is 4.68 Å². The van der Waals surface area contributed by atoms with Crippen LogP contribution in [0.25, 0.3) is 5.69 Å². The molecule has 0 aliphatic rings. The van der Waals surface area contributed by atoms with E-state index in [9.17, 15) is 9.18 Å². The number of hydrogen-bond acceptors (Lipinski definition) is 4. The second-order valence-electron chi connectivity index (χ2n) is 5.49. The number of benzene rings is 2. The van der Waals surface area contributed by atoms with Gasteiger partial charge in [-0.05, 0) is 55.3 Å². The molecule has 1 aromatic heterocycles. The van der Waals surface area contributed by atoms with E-state index in [1.807, 2.05) is 32.0 Å². The third kappa shape index (κ3) is 2.96. The van der Waals surface area contributed by atoms with Gasteiger partial charge in [-0.15, -0.1) is 5.10 Å². The van der Waals surface area contributed by atoms with Crippen LogP contribution in [-0.2, 0) is 0 Å². The summed E-state index contributed by atoms with van der Waals surface area (Å²) < 4.78 is 14.3. The molecule has 122 valence electrons. The van der Waals surface area contributed by atoms with Gasteiger partial charge >= 0.3 is 0 Å². The maximum Gasteiger partial charge on any atom is 0.280 e. The molecule has 24 heavy (non-hydrogen) atoms. The molecule has 0 unspecified atom stereocenters. The lowest BCUT2D eigenvalue weighted by Gasteiger charge is -2.08. The Labute approximate surface area is 138 Å². The van der Waals surface area contributed by atoms with Crippen LogP contribution in [0, 0.1) is 19.7 Å². The molecule has 1 amide bonds. The third-order valence-electron chi connectivity index (χ3n) is 3.61. The van der Waals surface area contributed by atoms with Gasteiger partial charge in [-0.1, -0.05) is 17.3 Å². The zero-order valence-corrected chi connectivity index (χ0v) is 13.2. The van der Waals surface area contributed by atoms with Crippen molar-refractivity contribution in [2.45, 2.75) is 13.8 Å². The average Bonchev–Trinajstić information content (AvgIpc) is 2.93. The number of aromatic nitrogens is 3. The molecule has 0 atom stereocenters. The van der Waals surface area contributed by atoms with Crippen LogP contribution in [0.2, 0.25) is 0 Å². The molecular formula is C17H16FN5O. The van der Waals surface area contributed by atoms with Crippen molar-refractivity contribution in [1.29, 1.82) is 0 Å². The average molecular weight is 325 g/mol. The monoisotopic (exact) mass is 325 g/mol. The summed E-state index contributed by atoms with van der Waals surface area (Å²) in [6, 6.07) is 11.3. The highest BCUT2D eigenvalue weighted by Crippen LogP contribution is 2.20. The molecule has 0 fully saturated rings. The smallest absolute Gasteiger partial charge is 0.280 e. The quantitative estimate of drug-likeness (QED) is 0.775. The van der Waals surface area contributed by atoms with Crippen molar-refractivity contribution in [2.75, 3.05) is 11.1 Å². The number of anilines is 2. The van der Waals surface area contributed by atoms with E-state index in [1.165, 1.54) is 28.9 Å². The van der Waals surface area contributed by atoms with E-state index < -0.39 is 5.91 Å². The minimum absolute atomic E-state index is 0.0141. The van der Waals surface area contributed by atoms with Gasteiger partial charge in [0.1, 0.15) is 5.82 Å².